The van der Waals surface area contributed by atoms with Crippen LogP contribution in [0.15, 0.2) is 66.7 Å². The summed E-state index contributed by atoms with van der Waals surface area (Å²) < 4.78 is 5.54. The first-order valence-electron chi connectivity index (χ1n) is 12.0. The molecule has 3 fully saturated rings. The summed E-state index contributed by atoms with van der Waals surface area (Å²) in [6.45, 7) is 1.78. The lowest BCUT2D eigenvalue weighted by Crippen LogP contribution is -2.40. The van der Waals surface area contributed by atoms with E-state index in [-0.39, 0.29) is 46.8 Å². The first kappa shape index (κ1) is 21.0. The van der Waals surface area contributed by atoms with E-state index in [1.165, 1.54) is 11.0 Å². The van der Waals surface area contributed by atoms with Crippen LogP contribution in [-0.2, 0) is 14.3 Å². The van der Waals surface area contributed by atoms with Crippen LogP contribution >= 0.6 is 0 Å². The Kier molecular flexibility index (Phi) is 4.80. The van der Waals surface area contributed by atoms with Crippen LogP contribution in [0.5, 0.6) is 0 Å². The molecular formula is C28H25NO5. The number of carbonyl (C=O) groups excluding carboxylic acids is 4. The minimum absolute atomic E-state index is 0.143. The number of carbonyl (C=O) groups is 4. The molecular weight excluding hydrogens is 430 g/mol. The van der Waals surface area contributed by atoms with Gasteiger partial charge in [0, 0.05) is 5.56 Å². The number of Topliss-reactive ketones (excluding diaryl/α,β-unsaturated/α-hetero) is 1. The third kappa shape index (κ3) is 3.08. The Morgan fingerprint density at radius 1 is 0.912 bits per heavy atom. The molecule has 7 rings (SSSR count). The third-order valence-electron chi connectivity index (χ3n) is 7.97. The fraction of sp³-hybridized carbons (Fsp3) is 0.357. The smallest absolute Gasteiger partial charge is 0.338 e. The summed E-state index contributed by atoms with van der Waals surface area (Å²) in [4.78, 5) is 53.7. The Morgan fingerprint density at radius 2 is 1.53 bits per heavy atom. The van der Waals surface area contributed by atoms with E-state index in [1.807, 2.05) is 6.07 Å². The topological polar surface area (TPSA) is 80.8 Å². The lowest BCUT2D eigenvalue weighted by atomic mass is 9.63. The standard InChI is InChI=1S/C28H25NO5/c1-2-22(25(30)15-7-4-3-5-8-15)34-28(33)16-9-6-10-17(13-16)29-26(31)23-18-11-12-19(21-14-20(18)21)24(23)27(29)32/h3-13,18-24H,2,14H2,1H3/t18-,19-,20-,21-,22-,23-,24+/m0/s1. The monoisotopic (exact) mass is 455 g/mol. The molecule has 1 saturated heterocycles. The first-order chi connectivity index (χ1) is 16.5. The van der Waals surface area contributed by atoms with Crippen molar-refractivity contribution in [3.05, 3.63) is 77.9 Å². The van der Waals surface area contributed by atoms with Gasteiger partial charge < -0.3 is 4.74 Å². The molecule has 2 saturated carbocycles. The predicted molar refractivity (Wildman–Crippen MR) is 124 cm³/mol. The quantitative estimate of drug-likeness (QED) is 0.284. The SMILES string of the molecule is CC[C@H](OC(=O)c1cccc(N2C(=O)[C@@H]3[C@H]4C=C[C@@H]([C@@H]5C[C@@H]45)[C@@H]3C2=O)c1)C(=O)c1ccccc1. The lowest BCUT2D eigenvalue weighted by molar-refractivity contribution is -0.124. The third-order valence-corrected chi connectivity index (χ3v) is 7.97. The van der Waals surface area contributed by atoms with Gasteiger partial charge in [-0.25, -0.2) is 9.69 Å². The predicted octanol–water partition coefficient (Wildman–Crippen LogP) is 4.06. The molecule has 1 aliphatic heterocycles. The van der Waals surface area contributed by atoms with Crippen molar-refractivity contribution in [1.29, 1.82) is 0 Å². The summed E-state index contributed by atoms with van der Waals surface area (Å²) in [5, 5.41) is 0. The zero-order valence-electron chi connectivity index (χ0n) is 18.8. The summed E-state index contributed by atoms with van der Waals surface area (Å²) in [6, 6.07) is 15.1. The van der Waals surface area contributed by atoms with Crippen LogP contribution in [0, 0.1) is 35.5 Å². The molecule has 2 bridgehead atoms. The van der Waals surface area contributed by atoms with Gasteiger partial charge in [-0.1, -0.05) is 55.5 Å². The average molecular weight is 456 g/mol. The van der Waals surface area contributed by atoms with Crippen LogP contribution in [0.2, 0.25) is 0 Å². The molecule has 0 N–H and O–H groups in total. The summed E-state index contributed by atoms with van der Waals surface area (Å²) >= 11 is 0. The number of ether oxygens (including phenoxy) is 1. The molecule has 0 radical (unpaired) electrons. The van der Waals surface area contributed by atoms with Gasteiger partial charge in [0.2, 0.25) is 17.6 Å². The number of esters is 1. The minimum Gasteiger partial charge on any atom is -0.450 e. The highest BCUT2D eigenvalue weighted by Crippen LogP contribution is 2.65. The molecule has 6 nitrogen and oxygen atoms in total. The van der Waals surface area contributed by atoms with E-state index in [0.717, 1.165) is 6.42 Å². The minimum atomic E-state index is -0.912. The molecule has 2 amide bonds. The molecule has 4 aliphatic carbocycles. The molecule has 5 aliphatic rings. The maximum absolute atomic E-state index is 13.4. The van der Waals surface area contributed by atoms with Crippen molar-refractivity contribution < 1.29 is 23.9 Å². The molecule has 2 aromatic rings. The van der Waals surface area contributed by atoms with Crippen molar-refractivity contribution in [2.24, 2.45) is 35.5 Å². The zero-order valence-corrected chi connectivity index (χ0v) is 18.8. The average Bonchev–Trinajstić information content (AvgIpc) is 3.65. The van der Waals surface area contributed by atoms with Crippen LogP contribution in [0.1, 0.15) is 40.5 Å². The van der Waals surface area contributed by atoms with Gasteiger partial charge in [-0.05, 0) is 54.7 Å². The number of ketones is 1. The van der Waals surface area contributed by atoms with Crippen molar-refractivity contribution in [1.82, 2.24) is 0 Å². The van der Waals surface area contributed by atoms with E-state index in [0.29, 0.717) is 29.5 Å². The molecule has 34 heavy (non-hydrogen) atoms. The van der Waals surface area contributed by atoms with Crippen molar-refractivity contribution in [3.63, 3.8) is 0 Å². The number of hydrogen-bond acceptors (Lipinski definition) is 5. The Balaban J connectivity index is 1.23. The van der Waals surface area contributed by atoms with E-state index >= 15 is 0 Å². The second-order valence-electron chi connectivity index (χ2n) is 9.75. The van der Waals surface area contributed by atoms with Gasteiger partial charge in [0.05, 0.1) is 23.1 Å². The van der Waals surface area contributed by atoms with Gasteiger partial charge in [0.1, 0.15) is 0 Å². The Labute approximate surface area is 197 Å². The van der Waals surface area contributed by atoms with Crippen molar-refractivity contribution in [2.75, 3.05) is 4.90 Å². The van der Waals surface area contributed by atoms with Crippen molar-refractivity contribution in [3.8, 4) is 0 Å². The summed E-state index contributed by atoms with van der Waals surface area (Å²) in [5.74, 6) is -0.505. The lowest BCUT2D eigenvalue weighted by Gasteiger charge is -2.37. The van der Waals surface area contributed by atoms with E-state index < -0.39 is 12.1 Å². The van der Waals surface area contributed by atoms with Crippen LogP contribution in [0.25, 0.3) is 0 Å². The van der Waals surface area contributed by atoms with Crippen molar-refractivity contribution in [2.45, 2.75) is 25.9 Å². The largest absolute Gasteiger partial charge is 0.450 e. The van der Waals surface area contributed by atoms with E-state index in [9.17, 15) is 19.2 Å². The highest BCUT2D eigenvalue weighted by molar-refractivity contribution is 6.23. The van der Waals surface area contributed by atoms with E-state index in [2.05, 4.69) is 12.2 Å². The fourth-order valence-corrected chi connectivity index (χ4v) is 6.29. The van der Waals surface area contributed by atoms with Crippen LogP contribution < -0.4 is 4.90 Å². The van der Waals surface area contributed by atoms with Crippen LogP contribution in [0.3, 0.4) is 0 Å². The molecule has 0 aromatic heterocycles. The highest BCUT2D eigenvalue weighted by Gasteiger charge is 2.67. The normalized spacial score (nSPS) is 31.1. The molecule has 0 spiro atoms. The number of anilines is 1. The molecule has 6 heteroatoms. The van der Waals surface area contributed by atoms with Gasteiger partial charge in [-0.3, -0.25) is 14.4 Å². The van der Waals surface area contributed by atoms with Gasteiger partial charge in [-0.2, -0.15) is 0 Å². The Morgan fingerprint density at radius 3 is 2.15 bits per heavy atom. The van der Waals surface area contributed by atoms with Gasteiger partial charge in [0.25, 0.3) is 0 Å². The summed E-state index contributed by atoms with van der Waals surface area (Å²) in [7, 11) is 0. The number of amides is 2. The molecule has 0 unspecified atom stereocenters. The number of nitrogens with zero attached hydrogens (tertiary/aromatic N) is 1. The second-order valence-corrected chi connectivity index (χ2v) is 9.75. The molecule has 2 aromatic carbocycles. The maximum atomic E-state index is 13.4. The second kappa shape index (κ2) is 7.76. The zero-order chi connectivity index (χ0) is 23.6. The van der Waals surface area contributed by atoms with E-state index in [4.69, 9.17) is 4.74 Å². The van der Waals surface area contributed by atoms with Crippen molar-refractivity contribution >= 4 is 29.3 Å². The molecule has 7 atom stereocenters. The fourth-order valence-electron chi connectivity index (χ4n) is 6.29. The number of imide groups is 1. The Hall–Kier alpha value is -3.54. The molecule has 1 heterocycles. The number of rotatable bonds is 6. The summed E-state index contributed by atoms with van der Waals surface area (Å²) in [6.07, 6.45) is 4.81. The summed E-state index contributed by atoms with van der Waals surface area (Å²) in [5.41, 5.74) is 1.07. The maximum Gasteiger partial charge on any atom is 0.338 e. The van der Waals surface area contributed by atoms with Crippen LogP contribution in [0.4, 0.5) is 5.69 Å². The van der Waals surface area contributed by atoms with Gasteiger partial charge in [-0.15, -0.1) is 0 Å². The number of benzene rings is 2. The van der Waals surface area contributed by atoms with E-state index in [1.54, 1.807) is 49.4 Å². The number of allylic oxidation sites excluding steroid dienone is 2. The molecule has 172 valence electrons. The Bertz CT molecular complexity index is 1200. The van der Waals surface area contributed by atoms with Gasteiger partial charge in [0.15, 0.2) is 6.10 Å². The van der Waals surface area contributed by atoms with Crippen LogP contribution in [-0.4, -0.2) is 29.7 Å². The number of hydrogen-bond donors (Lipinski definition) is 0. The first-order valence-corrected chi connectivity index (χ1v) is 12.0. The van der Waals surface area contributed by atoms with Gasteiger partial charge >= 0.3 is 5.97 Å². The highest BCUT2D eigenvalue weighted by atomic mass is 16.5.